The Bertz CT molecular complexity index is 1110. The number of allylic oxidation sites excluding steroid dienone is 4. The third-order valence-electron chi connectivity index (χ3n) is 6.61. The molecule has 0 aliphatic heterocycles. The van der Waals surface area contributed by atoms with Crippen molar-refractivity contribution in [3.63, 3.8) is 0 Å². The quantitative estimate of drug-likeness (QED) is 0.333. The molecule has 0 aromatic heterocycles. The predicted molar refractivity (Wildman–Crippen MR) is 131 cm³/mol. The molecular weight excluding hydrogens is 456 g/mol. The molecule has 30 heavy (non-hydrogen) atoms. The van der Waals surface area contributed by atoms with Crippen LogP contribution < -0.4 is 3.27 Å². The Morgan fingerprint density at radius 3 is 2.07 bits per heavy atom. The first-order valence-corrected chi connectivity index (χ1v) is 20.0. The molecule has 0 saturated carbocycles. The van der Waals surface area contributed by atoms with Gasteiger partial charge in [0.2, 0.25) is 0 Å². The van der Waals surface area contributed by atoms with E-state index in [-0.39, 0.29) is 16.3 Å². The number of benzene rings is 2. The fraction of sp³-hybridized carbons (Fsp3) is 0.429. The summed E-state index contributed by atoms with van der Waals surface area (Å²) in [7, 11) is 0. The van der Waals surface area contributed by atoms with Crippen LogP contribution in [0.4, 0.5) is 0 Å². The van der Waals surface area contributed by atoms with Crippen molar-refractivity contribution >= 4 is 8.70 Å². The zero-order chi connectivity index (χ0) is 21.8. The van der Waals surface area contributed by atoms with Crippen molar-refractivity contribution in [2.24, 2.45) is 0 Å². The molecule has 2 heteroatoms. The van der Waals surface area contributed by atoms with Crippen LogP contribution in [0.1, 0.15) is 70.2 Å². The molecule has 2 aromatic carbocycles. The van der Waals surface area contributed by atoms with E-state index >= 15 is 0 Å². The molecule has 0 N–H and O–H groups in total. The predicted octanol–water partition coefficient (Wildman–Crippen LogP) is 7.19. The first-order chi connectivity index (χ1) is 14.0. The first kappa shape index (κ1) is 22.2. The normalized spacial score (nSPS) is 15.1. The van der Waals surface area contributed by atoms with Gasteiger partial charge in [-0.1, -0.05) is 0 Å². The average Bonchev–Trinajstić information content (AvgIpc) is 3.27. The van der Waals surface area contributed by atoms with E-state index in [1.165, 1.54) is 28.7 Å². The van der Waals surface area contributed by atoms with Crippen LogP contribution in [0.5, 0.6) is 0 Å². The van der Waals surface area contributed by atoms with E-state index in [4.69, 9.17) is 0 Å². The third-order valence-corrected chi connectivity index (χ3v) is 23.4. The van der Waals surface area contributed by atoms with E-state index in [0.717, 1.165) is 6.42 Å². The molecule has 4 rings (SSSR count). The molecule has 0 fully saturated rings. The number of hydrogen-bond acceptors (Lipinski definition) is 0. The molecule has 0 heterocycles. The van der Waals surface area contributed by atoms with Crippen molar-refractivity contribution in [3.05, 3.63) is 74.1 Å². The van der Waals surface area contributed by atoms with E-state index in [2.05, 4.69) is 103 Å². The van der Waals surface area contributed by atoms with E-state index in [9.17, 15) is 0 Å². The number of hydrogen-bond donors (Lipinski definition) is 0. The molecule has 0 saturated heterocycles. The number of rotatable bonds is 2. The molecule has 0 radical (unpaired) electrons. The summed E-state index contributed by atoms with van der Waals surface area (Å²) >= 11 is -1.86. The summed E-state index contributed by atoms with van der Waals surface area (Å²) < 4.78 is 3.62. The maximum absolute atomic E-state index is 2.65. The Morgan fingerprint density at radius 2 is 1.50 bits per heavy atom. The summed E-state index contributed by atoms with van der Waals surface area (Å²) in [5.74, 6) is 0. The van der Waals surface area contributed by atoms with Gasteiger partial charge in [0.05, 0.1) is 0 Å². The van der Waals surface area contributed by atoms with Gasteiger partial charge in [0.15, 0.2) is 0 Å². The molecule has 0 spiro atoms. The molecule has 0 atom stereocenters. The molecule has 0 unspecified atom stereocenters. The monoisotopic (exact) mass is 490 g/mol. The minimum absolute atomic E-state index is 0.180. The van der Waals surface area contributed by atoms with Gasteiger partial charge in [-0.05, 0) is 0 Å². The summed E-state index contributed by atoms with van der Waals surface area (Å²) in [5.41, 5.74) is 9.29. The second-order valence-corrected chi connectivity index (χ2v) is 28.4. The zero-order valence-corrected chi connectivity index (χ0v) is 23.5. The van der Waals surface area contributed by atoms with E-state index < -0.39 is 20.4 Å². The molecule has 0 nitrogen and oxygen atoms in total. The maximum atomic E-state index is 2.65. The van der Waals surface area contributed by atoms with Gasteiger partial charge in [-0.3, -0.25) is 0 Å². The van der Waals surface area contributed by atoms with Crippen LogP contribution in [0.2, 0.25) is 13.1 Å². The second-order valence-electron chi connectivity index (χ2n) is 11.3. The van der Waals surface area contributed by atoms with Gasteiger partial charge in [0, 0.05) is 0 Å². The summed E-state index contributed by atoms with van der Waals surface area (Å²) in [4.78, 5) is 0. The van der Waals surface area contributed by atoms with Crippen LogP contribution in [-0.4, -0.2) is 5.43 Å². The van der Waals surface area contributed by atoms with Crippen molar-refractivity contribution < 1.29 is 20.4 Å². The standard InChI is InChI=1S/C21H25.C5H5.C2H6Si.Zr/c1-20(2,3)16-9-7-14-11-15-8-10-17(21(4,5)6)13-19(15)18(14)12-16;1-2-4-5-3-1;1-3-2;/h7,9-10,12-13H,11H2,1-6H3;1-3H,4H2;1-2H3;. The van der Waals surface area contributed by atoms with Crippen LogP contribution in [0.3, 0.4) is 0 Å². The van der Waals surface area contributed by atoms with Crippen molar-refractivity contribution in [2.75, 3.05) is 0 Å². The molecular formula is C28H36SiZr. The van der Waals surface area contributed by atoms with Gasteiger partial charge in [-0.2, -0.15) is 0 Å². The molecule has 2 aliphatic carbocycles. The first-order valence-electron chi connectivity index (χ1n) is 11.3. The van der Waals surface area contributed by atoms with Gasteiger partial charge in [0.1, 0.15) is 0 Å². The van der Waals surface area contributed by atoms with Gasteiger partial charge in [-0.25, -0.2) is 0 Å². The Balaban J connectivity index is 1.99. The van der Waals surface area contributed by atoms with E-state index in [0.29, 0.717) is 0 Å². The zero-order valence-electron chi connectivity index (χ0n) is 20.0. The van der Waals surface area contributed by atoms with Crippen LogP contribution in [0, 0.1) is 0 Å². The Hall–Kier alpha value is -0.980. The Morgan fingerprint density at radius 1 is 0.833 bits per heavy atom. The van der Waals surface area contributed by atoms with Crippen LogP contribution in [0.15, 0.2) is 51.8 Å². The third kappa shape index (κ3) is 4.07. The topological polar surface area (TPSA) is 0 Å². The van der Waals surface area contributed by atoms with Crippen LogP contribution >= 0.6 is 0 Å². The molecule has 2 aliphatic rings. The van der Waals surface area contributed by atoms with E-state index in [1.54, 1.807) is 11.1 Å². The molecule has 156 valence electrons. The summed E-state index contributed by atoms with van der Waals surface area (Å²) in [6, 6.07) is 12.5. The van der Waals surface area contributed by atoms with Gasteiger partial charge in [-0.15, -0.1) is 0 Å². The molecule has 0 amide bonds. The SMILES string of the molecule is C[Si](C)=[Zr]([C]1=CC=CC1)[c]1cc(C(C)(C)C)cc2c1Cc1ccc(C(C)(C)C)cc1-2. The van der Waals surface area contributed by atoms with Gasteiger partial charge < -0.3 is 0 Å². The molecule has 2 aromatic rings. The van der Waals surface area contributed by atoms with Crippen molar-refractivity contribution in [2.45, 2.75) is 78.3 Å². The van der Waals surface area contributed by atoms with Gasteiger partial charge in [0.25, 0.3) is 0 Å². The van der Waals surface area contributed by atoms with Crippen LogP contribution in [0.25, 0.3) is 11.1 Å². The van der Waals surface area contributed by atoms with Crippen molar-refractivity contribution in [1.29, 1.82) is 0 Å². The van der Waals surface area contributed by atoms with Gasteiger partial charge >= 0.3 is 193 Å². The number of fused-ring (bicyclic) bond motifs is 3. The minimum atomic E-state index is -1.86. The fourth-order valence-corrected chi connectivity index (χ4v) is 21.4. The average molecular weight is 492 g/mol. The molecule has 0 bridgehead atoms. The Kier molecular flexibility index (Phi) is 5.82. The fourth-order valence-electron chi connectivity index (χ4n) is 4.79. The summed E-state index contributed by atoms with van der Waals surface area (Å²) in [6.45, 7) is 19.3. The summed E-state index contributed by atoms with van der Waals surface area (Å²) in [5, 5.41) is 0. The van der Waals surface area contributed by atoms with E-state index in [1.807, 2.05) is 6.55 Å². The van der Waals surface area contributed by atoms with Crippen molar-refractivity contribution in [1.82, 2.24) is 0 Å². The van der Waals surface area contributed by atoms with Crippen molar-refractivity contribution in [3.8, 4) is 11.1 Å². The second kappa shape index (κ2) is 7.86. The van der Waals surface area contributed by atoms with Crippen LogP contribution in [-0.2, 0) is 37.6 Å². The Labute approximate surface area is 191 Å². The summed E-state index contributed by atoms with van der Waals surface area (Å²) in [6.07, 6.45) is 9.50.